The van der Waals surface area contributed by atoms with Gasteiger partial charge in [-0.05, 0) is 43.9 Å². The van der Waals surface area contributed by atoms with Crippen molar-refractivity contribution < 1.29 is 9.53 Å². The molecule has 1 saturated heterocycles. The lowest BCUT2D eigenvalue weighted by Crippen LogP contribution is -2.35. The number of rotatable bonds is 4. The summed E-state index contributed by atoms with van der Waals surface area (Å²) < 4.78 is 7.01. The van der Waals surface area contributed by atoms with Crippen molar-refractivity contribution in [1.82, 2.24) is 19.4 Å². The summed E-state index contributed by atoms with van der Waals surface area (Å²) in [6, 6.07) is 14.2. The maximum atomic E-state index is 13.2. The summed E-state index contributed by atoms with van der Waals surface area (Å²) in [6.45, 7) is 1.39. The van der Waals surface area contributed by atoms with Crippen LogP contribution < -0.4 is 4.74 Å². The summed E-state index contributed by atoms with van der Waals surface area (Å²) in [5, 5.41) is 4.31. The van der Waals surface area contributed by atoms with Gasteiger partial charge in [0.1, 0.15) is 5.75 Å². The first-order valence-electron chi connectivity index (χ1n) is 9.10. The van der Waals surface area contributed by atoms with Gasteiger partial charge in [0.05, 0.1) is 24.4 Å². The van der Waals surface area contributed by atoms with E-state index in [2.05, 4.69) is 36.2 Å². The van der Waals surface area contributed by atoms with Gasteiger partial charge in [-0.25, -0.2) is 4.52 Å². The normalized spacial score (nSPS) is 19.8. The van der Waals surface area contributed by atoms with Crippen LogP contribution in [0.3, 0.4) is 0 Å². The molecule has 140 valence electrons. The predicted molar refractivity (Wildman–Crippen MR) is 104 cm³/mol. The molecule has 0 saturated carbocycles. The third-order valence-electron chi connectivity index (χ3n) is 5.44. The second-order valence-electron chi connectivity index (χ2n) is 7.21. The number of aromatic nitrogens is 2. The summed E-state index contributed by atoms with van der Waals surface area (Å²) >= 11 is 0. The second-order valence-corrected chi connectivity index (χ2v) is 7.21. The highest BCUT2D eigenvalue weighted by atomic mass is 16.5. The fourth-order valence-corrected chi connectivity index (χ4v) is 3.92. The Morgan fingerprint density at radius 2 is 1.93 bits per heavy atom. The van der Waals surface area contributed by atoms with Gasteiger partial charge in [0.15, 0.2) is 0 Å². The van der Waals surface area contributed by atoms with Crippen LogP contribution in [0.25, 0.3) is 5.52 Å². The van der Waals surface area contributed by atoms with Crippen molar-refractivity contribution in [3.8, 4) is 5.75 Å². The third kappa shape index (κ3) is 3.17. The van der Waals surface area contributed by atoms with Crippen LogP contribution in [0, 0.1) is 0 Å². The molecule has 1 aromatic carbocycles. The molecule has 2 aromatic heterocycles. The Morgan fingerprint density at radius 1 is 1.15 bits per heavy atom. The number of nitrogens with zero attached hydrogens (tertiary/aromatic N) is 4. The van der Waals surface area contributed by atoms with Crippen molar-refractivity contribution in [3.63, 3.8) is 0 Å². The number of amides is 1. The molecule has 3 aromatic rings. The Morgan fingerprint density at radius 3 is 2.63 bits per heavy atom. The molecule has 0 unspecified atom stereocenters. The first kappa shape index (κ1) is 17.5. The fraction of sp³-hybridized carbons (Fsp3) is 0.333. The van der Waals surface area contributed by atoms with Gasteiger partial charge in [-0.3, -0.25) is 4.79 Å². The Bertz CT molecular complexity index is 948. The summed E-state index contributed by atoms with van der Waals surface area (Å²) in [4.78, 5) is 17.4. The highest BCUT2D eigenvalue weighted by Gasteiger charge is 2.38. The molecule has 0 N–H and O–H groups in total. The van der Waals surface area contributed by atoms with Gasteiger partial charge in [-0.15, -0.1) is 0 Å². The second kappa shape index (κ2) is 7.04. The van der Waals surface area contributed by atoms with Gasteiger partial charge in [0.25, 0.3) is 5.91 Å². The molecule has 27 heavy (non-hydrogen) atoms. The van der Waals surface area contributed by atoms with Crippen LogP contribution >= 0.6 is 0 Å². The number of pyridine rings is 1. The lowest BCUT2D eigenvalue weighted by Gasteiger charge is -2.25. The van der Waals surface area contributed by atoms with E-state index in [1.165, 1.54) is 5.56 Å². The van der Waals surface area contributed by atoms with Gasteiger partial charge in [0, 0.05) is 31.2 Å². The van der Waals surface area contributed by atoms with E-state index in [1.807, 2.05) is 41.4 Å². The first-order chi connectivity index (χ1) is 13.1. The number of benzene rings is 1. The largest absolute Gasteiger partial charge is 0.497 e. The smallest absolute Gasteiger partial charge is 0.257 e. The molecule has 0 bridgehead atoms. The maximum absolute atomic E-state index is 13.2. The lowest BCUT2D eigenvalue weighted by atomic mass is 9.93. The summed E-state index contributed by atoms with van der Waals surface area (Å²) in [6.07, 6.45) is 3.53. The number of ether oxygens (including phenoxy) is 1. The Kier molecular flexibility index (Phi) is 4.58. The van der Waals surface area contributed by atoms with Crippen LogP contribution in [0.1, 0.15) is 21.8 Å². The van der Waals surface area contributed by atoms with E-state index in [1.54, 1.807) is 17.8 Å². The molecular weight excluding hydrogens is 340 g/mol. The van der Waals surface area contributed by atoms with Gasteiger partial charge in [-0.2, -0.15) is 5.10 Å². The molecule has 0 aliphatic carbocycles. The van der Waals surface area contributed by atoms with E-state index in [0.717, 1.165) is 11.3 Å². The van der Waals surface area contributed by atoms with Crippen LogP contribution in [-0.2, 0) is 0 Å². The third-order valence-corrected chi connectivity index (χ3v) is 5.44. The molecule has 0 spiro atoms. The van der Waals surface area contributed by atoms with Gasteiger partial charge < -0.3 is 14.5 Å². The van der Waals surface area contributed by atoms with Gasteiger partial charge >= 0.3 is 0 Å². The minimum Gasteiger partial charge on any atom is -0.497 e. The number of likely N-dealkylation sites (tertiary alicyclic amines) is 1. The zero-order chi connectivity index (χ0) is 19.0. The lowest BCUT2D eigenvalue weighted by molar-refractivity contribution is 0.0784. The molecule has 1 amide bonds. The summed E-state index contributed by atoms with van der Waals surface area (Å²) in [5.41, 5.74) is 2.73. The maximum Gasteiger partial charge on any atom is 0.257 e. The molecule has 6 heteroatoms. The fourth-order valence-electron chi connectivity index (χ4n) is 3.92. The van der Waals surface area contributed by atoms with Crippen molar-refractivity contribution >= 4 is 11.4 Å². The van der Waals surface area contributed by atoms with Crippen molar-refractivity contribution in [1.29, 1.82) is 0 Å². The zero-order valence-corrected chi connectivity index (χ0v) is 15.9. The minimum atomic E-state index is 0.0408. The Balaban J connectivity index is 1.61. The Hall–Kier alpha value is -2.86. The van der Waals surface area contributed by atoms with Crippen LogP contribution in [0.2, 0.25) is 0 Å². The number of fused-ring (bicyclic) bond motifs is 1. The number of likely N-dealkylation sites (N-methyl/N-ethyl adjacent to an activating group) is 1. The van der Waals surface area contributed by atoms with Crippen molar-refractivity contribution in [2.45, 2.75) is 12.0 Å². The van der Waals surface area contributed by atoms with Crippen molar-refractivity contribution in [2.24, 2.45) is 0 Å². The molecular formula is C21H24N4O2. The average molecular weight is 364 g/mol. The van der Waals surface area contributed by atoms with Crippen LogP contribution in [0.4, 0.5) is 0 Å². The number of carbonyl (C=O) groups excluding carboxylic acids is 1. The molecule has 1 fully saturated rings. The van der Waals surface area contributed by atoms with Gasteiger partial charge in [-0.1, -0.05) is 18.2 Å². The minimum absolute atomic E-state index is 0.0408. The molecule has 3 heterocycles. The Labute approximate surface area is 159 Å². The van der Waals surface area contributed by atoms with Crippen LogP contribution in [0.5, 0.6) is 5.75 Å². The van der Waals surface area contributed by atoms with E-state index < -0.39 is 0 Å². The predicted octanol–water partition coefficient (Wildman–Crippen LogP) is 2.51. The van der Waals surface area contributed by atoms with Crippen LogP contribution in [0.15, 0.2) is 54.9 Å². The van der Waals surface area contributed by atoms with E-state index in [4.69, 9.17) is 4.74 Å². The molecule has 0 radical (unpaired) electrons. The molecule has 2 atom stereocenters. The number of hydrogen-bond acceptors (Lipinski definition) is 4. The van der Waals surface area contributed by atoms with E-state index in [0.29, 0.717) is 18.7 Å². The summed E-state index contributed by atoms with van der Waals surface area (Å²) in [5.74, 6) is 1.15. The van der Waals surface area contributed by atoms with Crippen molar-refractivity contribution in [3.05, 3.63) is 66.0 Å². The standard InChI is InChI=1S/C21H24N4O2/c1-23(2)20-14-24(13-18(20)15-7-9-16(27-3)10-8-15)21(26)17-12-22-25-11-5-4-6-19(17)25/h4-12,18,20H,13-14H2,1-3H3/t18-,20+/m0/s1. The van der Waals surface area contributed by atoms with E-state index >= 15 is 0 Å². The molecule has 1 aliphatic rings. The highest BCUT2D eigenvalue weighted by Crippen LogP contribution is 2.32. The number of methoxy groups -OCH3 is 1. The highest BCUT2D eigenvalue weighted by molar-refractivity contribution is 6.00. The molecule has 6 nitrogen and oxygen atoms in total. The SMILES string of the molecule is COc1ccc([C@@H]2CN(C(=O)c3cnn4ccccc34)C[C@H]2N(C)C)cc1. The van der Waals surface area contributed by atoms with Crippen molar-refractivity contribution in [2.75, 3.05) is 34.3 Å². The quantitative estimate of drug-likeness (QED) is 0.714. The zero-order valence-electron chi connectivity index (χ0n) is 15.9. The van der Waals surface area contributed by atoms with E-state index in [-0.39, 0.29) is 17.9 Å². The molecule has 4 rings (SSSR count). The topological polar surface area (TPSA) is 50.1 Å². The number of hydrogen-bond donors (Lipinski definition) is 0. The van der Waals surface area contributed by atoms with E-state index in [9.17, 15) is 4.79 Å². The average Bonchev–Trinajstić information content (AvgIpc) is 3.32. The monoisotopic (exact) mass is 364 g/mol. The number of carbonyl (C=O) groups is 1. The molecule has 1 aliphatic heterocycles. The van der Waals surface area contributed by atoms with Gasteiger partial charge in [0.2, 0.25) is 0 Å². The first-order valence-corrected chi connectivity index (χ1v) is 9.10. The van der Waals surface area contributed by atoms with Crippen LogP contribution in [-0.4, -0.2) is 65.7 Å². The summed E-state index contributed by atoms with van der Waals surface area (Å²) in [7, 11) is 5.82.